The standard InChI is InChI=1S/C14H17FN2O2/c1-3-7-16-8-10-9-17-19-14(10)13-11(15)5-4-6-12(13)18-2/h4-6,9,16H,3,7-8H2,1-2H3. The fraction of sp³-hybridized carbons (Fsp3) is 0.357. The molecule has 0 aliphatic heterocycles. The first-order chi connectivity index (χ1) is 9.27. The summed E-state index contributed by atoms with van der Waals surface area (Å²) in [5.74, 6) is 0.472. The molecular weight excluding hydrogens is 247 g/mol. The van der Waals surface area contributed by atoms with E-state index in [0.29, 0.717) is 23.6 Å². The van der Waals surface area contributed by atoms with Gasteiger partial charge in [0.2, 0.25) is 0 Å². The third-order valence-electron chi connectivity index (χ3n) is 2.81. The van der Waals surface area contributed by atoms with Gasteiger partial charge >= 0.3 is 0 Å². The van der Waals surface area contributed by atoms with Crippen LogP contribution >= 0.6 is 0 Å². The molecule has 4 nitrogen and oxygen atoms in total. The normalized spacial score (nSPS) is 10.7. The van der Waals surface area contributed by atoms with Gasteiger partial charge in [-0.3, -0.25) is 0 Å². The summed E-state index contributed by atoms with van der Waals surface area (Å²) in [4.78, 5) is 0. The van der Waals surface area contributed by atoms with Crippen molar-refractivity contribution in [3.63, 3.8) is 0 Å². The molecule has 0 radical (unpaired) electrons. The number of hydrogen-bond donors (Lipinski definition) is 1. The van der Waals surface area contributed by atoms with Crippen molar-refractivity contribution in [2.75, 3.05) is 13.7 Å². The zero-order valence-corrected chi connectivity index (χ0v) is 11.1. The minimum absolute atomic E-state index is 0.316. The molecule has 2 rings (SSSR count). The minimum Gasteiger partial charge on any atom is -0.496 e. The SMILES string of the molecule is CCCNCc1cnoc1-c1c(F)cccc1OC. The van der Waals surface area contributed by atoms with Gasteiger partial charge in [-0.05, 0) is 25.1 Å². The van der Waals surface area contributed by atoms with E-state index in [2.05, 4.69) is 17.4 Å². The molecule has 102 valence electrons. The number of nitrogens with one attached hydrogen (secondary N) is 1. The summed E-state index contributed by atoms with van der Waals surface area (Å²) in [6, 6.07) is 4.68. The molecular formula is C14H17FN2O2. The minimum atomic E-state index is -0.382. The van der Waals surface area contributed by atoms with Crippen LogP contribution in [0, 0.1) is 5.82 Å². The summed E-state index contributed by atoms with van der Waals surface area (Å²) < 4.78 is 24.4. The zero-order valence-electron chi connectivity index (χ0n) is 11.1. The first-order valence-corrected chi connectivity index (χ1v) is 6.25. The smallest absolute Gasteiger partial charge is 0.178 e. The van der Waals surface area contributed by atoms with E-state index in [0.717, 1.165) is 18.5 Å². The number of ether oxygens (including phenoxy) is 1. The maximum Gasteiger partial charge on any atom is 0.178 e. The number of methoxy groups -OCH3 is 1. The summed E-state index contributed by atoms with van der Waals surface area (Å²) in [7, 11) is 1.50. The molecule has 5 heteroatoms. The largest absolute Gasteiger partial charge is 0.496 e. The lowest BCUT2D eigenvalue weighted by Gasteiger charge is -2.08. The second kappa shape index (κ2) is 6.33. The molecule has 0 bridgehead atoms. The quantitative estimate of drug-likeness (QED) is 0.815. The number of hydrogen-bond acceptors (Lipinski definition) is 4. The Morgan fingerprint density at radius 1 is 1.42 bits per heavy atom. The van der Waals surface area contributed by atoms with Crippen LogP contribution in [-0.4, -0.2) is 18.8 Å². The summed E-state index contributed by atoms with van der Waals surface area (Å²) in [5.41, 5.74) is 1.13. The predicted molar refractivity (Wildman–Crippen MR) is 70.4 cm³/mol. The molecule has 0 saturated heterocycles. The van der Waals surface area contributed by atoms with E-state index in [1.807, 2.05) is 0 Å². The Morgan fingerprint density at radius 3 is 3.00 bits per heavy atom. The third kappa shape index (κ3) is 2.93. The van der Waals surface area contributed by atoms with Crippen LogP contribution in [0.1, 0.15) is 18.9 Å². The molecule has 1 heterocycles. The van der Waals surface area contributed by atoms with Gasteiger partial charge in [0.05, 0.1) is 18.9 Å². The Labute approximate surface area is 111 Å². The Bertz CT molecular complexity index is 540. The second-order valence-corrected chi connectivity index (χ2v) is 4.17. The van der Waals surface area contributed by atoms with Gasteiger partial charge in [-0.2, -0.15) is 0 Å². The number of halogens is 1. The van der Waals surface area contributed by atoms with Gasteiger partial charge in [0.25, 0.3) is 0 Å². The number of aromatic nitrogens is 1. The molecule has 0 spiro atoms. The van der Waals surface area contributed by atoms with Crippen molar-refractivity contribution in [3.8, 4) is 17.1 Å². The summed E-state index contributed by atoms with van der Waals surface area (Å²) in [5, 5.41) is 7.00. The fourth-order valence-corrected chi connectivity index (χ4v) is 1.89. The first kappa shape index (κ1) is 13.5. The average molecular weight is 264 g/mol. The van der Waals surface area contributed by atoms with Gasteiger partial charge in [-0.25, -0.2) is 4.39 Å². The molecule has 19 heavy (non-hydrogen) atoms. The number of benzene rings is 1. The lowest BCUT2D eigenvalue weighted by Crippen LogP contribution is -2.13. The van der Waals surface area contributed by atoms with Crippen LogP contribution in [-0.2, 0) is 6.54 Å². The van der Waals surface area contributed by atoms with Gasteiger partial charge in [0.1, 0.15) is 11.6 Å². The van der Waals surface area contributed by atoms with Crippen LogP contribution in [0.3, 0.4) is 0 Å². The topological polar surface area (TPSA) is 47.3 Å². The van der Waals surface area contributed by atoms with Gasteiger partial charge in [0.15, 0.2) is 5.76 Å². The van der Waals surface area contributed by atoms with E-state index >= 15 is 0 Å². The molecule has 1 N–H and O–H groups in total. The average Bonchev–Trinajstić information content (AvgIpc) is 2.87. The monoisotopic (exact) mass is 264 g/mol. The summed E-state index contributed by atoms with van der Waals surface area (Å²) in [6.07, 6.45) is 2.63. The van der Waals surface area contributed by atoms with E-state index in [9.17, 15) is 4.39 Å². The van der Waals surface area contributed by atoms with Crippen molar-refractivity contribution >= 4 is 0 Å². The second-order valence-electron chi connectivity index (χ2n) is 4.17. The molecule has 0 amide bonds. The van der Waals surface area contributed by atoms with Crippen LogP contribution in [0.15, 0.2) is 28.9 Å². The van der Waals surface area contributed by atoms with Crippen molar-refractivity contribution in [3.05, 3.63) is 35.8 Å². The van der Waals surface area contributed by atoms with Crippen molar-refractivity contribution in [1.82, 2.24) is 10.5 Å². The lowest BCUT2D eigenvalue weighted by molar-refractivity contribution is 0.401. The Morgan fingerprint density at radius 2 is 2.26 bits per heavy atom. The molecule has 0 fully saturated rings. The molecule has 1 aromatic heterocycles. The van der Waals surface area contributed by atoms with E-state index in [1.165, 1.54) is 13.2 Å². The van der Waals surface area contributed by atoms with E-state index in [4.69, 9.17) is 9.26 Å². The van der Waals surface area contributed by atoms with Gasteiger partial charge in [-0.1, -0.05) is 18.1 Å². The molecule has 0 atom stereocenters. The van der Waals surface area contributed by atoms with Gasteiger partial charge in [0, 0.05) is 12.1 Å². The van der Waals surface area contributed by atoms with Crippen LogP contribution in [0.2, 0.25) is 0 Å². The van der Waals surface area contributed by atoms with Crippen molar-refractivity contribution < 1.29 is 13.7 Å². The third-order valence-corrected chi connectivity index (χ3v) is 2.81. The number of rotatable bonds is 6. The Kier molecular flexibility index (Phi) is 4.52. The van der Waals surface area contributed by atoms with Crippen molar-refractivity contribution in [2.45, 2.75) is 19.9 Å². The van der Waals surface area contributed by atoms with Crippen LogP contribution < -0.4 is 10.1 Å². The zero-order chi connectivity index (χ0) is 13.7. The highest BCUT2D eigenvalue weighted by Gasteiger charge is 2.19. The molecule has 1 aromatic carbocycles. The van der Waals surface area contributed by atoms with E-state index < -0.39 is 0 Å². The number of nitrogens with zero attached hydrogens (tertiary/aromatic N) is 1. The van der Waals surface area contributed by atoms with Gasteiger partial charge in [-0.15, -0.1) is 0 Å². The van der Waals surface area contributed by atoms with Crippen molar-refractivity contribution in [1.29, 1.82) is 0 Å². The molecule has 0 aliphatic carbocycles. The summed E-state index contributed by atoms with van der Waals surface area (Å²) >= 11 is 0. The van der Waals surface area contributed by atoms with Crippen LogP contribution in [0.4, 0.5) is 4.39 Å². The maximum absolute atomic E-state index is 14.0. The van der Waals surface area contributed by atoms with E-state index in [-0.39, 0.29) is 5.82 Å². The first-order valence-electron chi connectivity index (χ1n) is 6.25. The molecule has 0 aliphatic rings. The lowest BCUT2D eigenvalue weighted by atomic mass is 10.1. The van der Waals surface area contributed by atoms with E-state index in [1.54, 1.807) is 18.3 Å². The molecule has 0 saturated carbocycles. The molecule has 0 unspecified atom stereocenters. The van der Waals surface area contributed by atoms with Crippen LogP contribution in [0.25, 0.3) is 11.3 Å². The highest BCUT2D eigenvalue weighted by molar-refractivity contribution is 5.68. The predicted octanol–water partition coefficient (Wildman–Crippen LogP) is 2.99. The Balaban J connectivity index is 2.34. The highest BCUT2D eigenvalue weighted by atomic mass is 19.1. The maximum atomic E-state index is 14.0. The van der Waals surface area contributed by atoms with Gasteiger partial charge < -0.3 is 14.6 Å². The Hall–Kier alpha value is -1.88. The van der Waals surface area contributed by atoms with Crippen molar-refractivity contribution in [2.24, 2.45) is 0 Å². The summed E-state index contributed by atoms with van der Waals surface area (Å²) in [6.45, 7) is 3.56. The van der Waals surface area contributed by atoms with Crippen LogP contribution in [0.5, 0.6) is 5.75 Å². The molecule has 2 aromatic rings. The highest BCUT2D eigenvalue weighted by Crippen LogP contribution is 2.34. The fourth-order valence-electron chi connectivity index (χ4n) is 1.89.